The Hall–Kier alpha value is 0.570. The van der Waals surface area contributed by atoms with Gasteiger partial charge in [0, 0.05) is 29.1 Å². The highest BCUT2D eigenvalue weighted by Gasteiger charge is 2.27. The zero-order valence-corrected chi connectivity index (χ0v) is 12.3. The molecule has 17 heavy (non-hydrogen) atoms. The van der Waals surface area contributed by atoms with E-state index < -0.39 is 10.0 Å². The fourth-order valence-corrected chi connectivity index (χ4v) is 6.33. The van der Waals surface area contributed by atoms with Crippen molar-refractivity contribution >= 4 is 33.5 Å². The van der Waals surface area contributed by atoms with Gasteiger partial charge in [-0.3, -0.25) is 0 Å². The lowest BCUT2D eigenvalue weighted by atomic mass is 10.2. The molecule has 0 amide bonds. The van der Waals surface area contributed by atoms with Gasteiger partial charge in [-0.2, -0.15) is 23.5 Å². The standard InChI is InChI=1S/C10H20N2O2S3/c13-17(14,10-1-3-11-4-2-10)12-7-9-8-15-5-6-16-9/h9-12H,1-8H2. The topological polar surface area (TPSA) is 58.2 Å². The highest BCUT2D eigenvalue weighted by atomic mass is 32.2. The number of hydrogen-bond donors (Lipinski definition) is 2. The molecule has 0 aliphatic carbocycles. The van der Waals surface area contributed by atoms with Gasteiger partial charge in [-0.25, -0.2) is 13.1 Å². The Balaban J connectivity index is 1.79. The average molecular weight is 296 g/mol. The summed E-state index contributed by atoms with van der Waals surface area (Å²) in [4.78, 5) is 0. The first-order valence-corrected chi connectivity index (χ1v) is 9.82. The van der Waals surface area contributed by atoms with Crippen molar-refractivity contribution in [1.82, 2.24) is 10.0 Å². The Labute approximate surface area is 112 Å². The summed E-state index contributed by atoms with van der Waals surface area (Å²) >= 11 is 3.81. The molecule has 2 saturated heterocycles. The third-order valence-electron chi connectivity index (χ3n) is 3.12. The van der Waals surface area contributed by atoms with Crippen molar-refractivity contribution in [3.8, 4) is 0 Å². The van der Waals surface area contributed by atoms with Crippen molar-refractivity contribution in [1.29, 1.82) is 0 Å². The molecule has 1 atom stereocenters. The van der Waals surface area contributed by atoms with E-state index in [9.17, 15) is 8.42 Å². The molecule has 7 heteroatoms. The van der Waals surface area contributed by atoms with Gasteiger partial charge >= 0.3 is 0 Å². The lowest BCUT2D eigenvalue weighted by Crippen LogP contribution is -2.43. The van der Waals surface area contributed by atoms with Crippen molar-refractivity contribution in [3.05, 3.63) is 0 Å². The summed E-state index contributed by atoms with van der Waals surface area (Å²) in [7, 11) is -3.10. The fourth-order valence-electron chi connectivity index (χ4n) is 2.09. The van der Waals surface area contributed by atoms with E-state index in [4.69, 9.17) is 0 Å². The van der Waals surface area contributed by atoms with E-state index in [-0.39, 0.29) is 5.25 Å². The molecule has 100 valence electrons. The molecule has 2 aliphatic heterocycles. The average Bonchev–Trinajstić information content (AvgIpc) is 2.39. The zero-order chi connectivity index (χ0) is 12.1. The van der Waals surface area contributed by atoms with Gasteiger partial charge in [0.05, 0.1) is 5.25 Å². The molecule has 2 fully saturated rings. The van der Waals surface area contributed by atoms with Crippen molar-refractivity contribution in [2.75, 3.05) is 36.9 Å². The number of piperidine rings is 1. The summed E-state index contributed by atoms with van der Waals surface area (Å²) in [6.07, 6.45) is 1.48. The predicted molar refractivity (Wildman–Crippen MR) is 76.4 cm³/mol. The monoisotopic (exact) mass is 296 g/mol. The molecule has 0 spiro atoms. The predicted octanol–water partition coefficient (Wildman–Crippen LogP) is 0.506. The Kier molecular flexibility index (Phi) is 5.48. The Morgan fingerprint density at radius 3 is 2.65 bits per heavy atom. The highest BCUT2D eigenvalue weighted by molar-refractivity contribution is 8.06. The van der Waals surface area contributed by atoms with Gasteiger partial charge in [-0.15, -0.1) is 0 Å². The van der Waals surface area contributed by atoms with Crippen LogP contribution in [0.4, 0.5) is 0 Å². The maximum atomic E-state index is 12.1. The number of rotatable bonds is 4. The van der Waals surface area contributed by atoms with E-state index in [1.807, 2.05) is 23.5 Å². The molecule has 0 aromatic rings. The van der Waals surface area contributed by atoms with Gasteiger partial charge in [-0.1, -0.05) is 0 Å². The van der Waals surface area contributed by atoms with Crippen molar-refractivity contribution in [2.24, 2.45) is 0 Å². The van der Waals surface area contributed by atoms with Gasteiger partial charge in [0.25, 0.3) is 0 Å². The third kappa shape index (κ3) is 4.31. The smallest absolute Gasteiger partial charge is 0.214 e. The normalized spacial score (nSPS) is 28.1. The molecule has 2 N–H and O–H groups in total. The summed E-state index contributed by atoms with van der Waals surface area (Å²) in [5.74, 6) is 3.41. The first kappa shape index (κ1) is 14.0. The SMILES string of the molecule is O=S(=O)(NCC1CSCCS1)C1CCNCC1. The van der Waals surface area contributed by atoms with Crippen LogP contribution in [0.2, 0.25) is 0 Å². The Bertz CT molecular complexity index is 322. The van der Waals surface area contributed by atoms with Crippen molar-refractivity contribution < 1.29 is 8.42 Å². The second kappa shape index (κ2) is 6.65. The molecule has 4 nitrogen and oxygen atoms in total. The van der Waals surface area contributed by atoms with Gasteiger partial charge in [0.15, 0.2) is 0 Å². The van der Waals surface area contributed by atoms with Crippen LogP contribution in [0.15, 0.2) is 0 Å². The minimum absolute atomic E-state index is 0.190. The summed E-state index contributed by atoms with van der Waals surface area (Å²) in [6.45, 7) is 2.24. The minimum atomic E-state index is -3.10. The molecule has 2 aliphatic rings. The second-order valence-corrected chi connectivity index (χ2v) is 9.01. The van der Waals surface area contributed by atoms with E-state index in [1.54, 1.807) is 0 Å². The van der Waals surface area contributed by atoms with E-state index in [1.165, 1.54) is 5.75 Å². The van der Waals surface area contributed by atoms with Crippen LogP contribution in [0, 0.1) is 0 Å². The van der Waals surface area contributed by atoms with Gasteiger partial charge < -0.3 is 5.32 Å². The molecule has 2 heterocycles. The van der Waals surface area contributed by atoms with Gasteiger partial charge in [0.2, 0.25) is 10.0 Å². The number of hydrogen-bond acceptors (Lipinski definition) is 5. The third-order valence-corrected chi connectivity index (χ3v) is 7.89. The molecular weight excluding hydrogens is 276 g/mol. The van der Waals surface area contributed by atoms with Crippen molar-refractivity contribution in [3.63, 3.8) is 0 Å². The van der Waals surface area contributed by atoms with Crippen LogP contribution < -0.4 is 10.0 Å². The highest BCUT2D eigenvalue weighted by Crippen LogP contribution is 2.23. The molecule has 0 saturated carbocycles. The maximum Gasteiger partial charge on any atom is 0.214 e. The summed E-state index contributed by atoms with van der Waals surface area (Å²) in [5.41, 5.74) is 0. The van der Waals surface area contributed by atoms with E-state index >= 15 is 0 Å². The Morgan fingerprint density at radius 1 is 1.24 bits per heavy atom. The number of nitrogens with one attached hydrogen (secondary N) is 2. The fraction of sp³-hybridized carbons (Fsp3) is 1.00. The van der Waals surface area contributed by atoms with Crippen molar-refractivity contribution in [2.45, 2.75) is 23.3 Å². The number of thioether (sulfide) groups is 2. The largest absolute Gasteiger partial charge is 0.317 e. The minimum Gasteiger partial charge on any atom is -0.317 e. The molecule has 0 aromatic heterocycles. The van der Waals surface area contributed by atoms with Crippen LogP contribution in [0.5, 0.6) is 0 Å². The zero-order valence-electron chi connectivity index (χ0n) is 9.85. The molecule has 0 aromatic carbocycles. The molecule has 0 radical (unpaired) electrons. The van der Waals surface area contributed by atoms with E-state index in [0.29, 0.717) is 11.8 Å². The van der Waals surface area contributed by atoms with Crippen LogP contribution in [0.1, 0.15) is 12.8 Å². The van der Waals surface area contributed by atoms with E-state index in [2.05, 4.69) is 10.0 Å². The first-order chi connectivity index (χ1) is 8.18. The maximum absolute atomic E-state index is 12.1. The number of sulfonamides is 1. The summed E-state index contributed by atoms with van der Waals surface area (Å²) in [5, 5.41) is 3.45. The van der Waals surface area contributed by atoms with Crippen LogP contribution in [-0.2, 0) is 10.0 Å². The molecular formula is C10H20N2O2S3. The van der Waals surface area contributed by atoms with Gasteiger partial charge in [-0.05, 0) is 25.9 Å². The first-order valence-electron chi connectivity index (χ1n) is 6.07. The molecule has 2 rings (SSSR count). The van der Waals surface area contributed by atoms with Gasteiger partial charge in [0.1, 0.15) is 0 Å². The quantitative estimate of drug-likeness (QED) is 0.791. The van der Waals surface area contributed by atoms with Crippen LogP contribution in [0.3, 0.4) is 0 Å². The summed E-state index contributed by atoms with van der Waals surface area (Å²) < 4.78 is 27.0. The molecule has 0 bridgehead atoms. The lowest BCUT2D eigenvalue weighted by Gasteiger charge is -2.25. The second-order valence-electron chi connectivity index (χ2n) is 4.41. The van der Waals surface area contributed by atoms with E-state index in [0.717, 1.165) is 37.4 Å². The Morgan fingerprint density at radius 2 is 2.00 bits per heavy atom. The van der Waals surface area contributed by atoms with Crippen LogP contribution >= 0.6 is 23.5 Å². The van der Waals surface area contributed by atoms with Crippen LogP contribution in [-0.4, -0.2) is 55.8 Å². The lowest BCUT2D eigenvalue weighted by molar-refractivity contribution is 0.489. The summed E-state index contributed by atoms with van der Waals surface area (Å²) in [6, 6.07) is 0. The van der Waals surface area contributed by atoms with Crippen LogP contribution in [0.25, 0.3) is 0 Å². The molecule has 1 unspecified atom stereocenters.